The highest BCUT2D eigenvalue weighted by atomic mass is 15.1. The van der Waals surface area contributed by atoms with Gasteiger partial charge in [-0.15, -0.1) is 0 Å². The first-order chi connectivity index (χ1) is 73.8. The number of fused-ring (bicyclic) bond motifs is 17. The largest absolute Gasteiger partial charge is 0.292 e. The van der Waals surface area contributed by atoms with E-state index in [0.717, 1.165) is 210 Å². The zero-order valence-corrected chi connectivity index (χ0v) is 80.4. The van der Waals surface area contributed by atoms with Crippen LogP contribution in [0.2, 0.25) is 0 Å². The van der Waals surface area contributed by atoms with Crippen molar-refractivity contribution < 1.29 is 0 Å². The Morgan fingerprint density at radius 1 is 0.141 bits per heavy atom. The fraction of sp³-hybridized carbons (Fsp3) is 0. The minimum atomic E-state index is 0.618. The minimum Gasteiger partial charge on any atom is -0.292 e. The average molecular weight is 1900 g/mol. The van der Waals surface area contributed by atoms with Gasteiger partial charge in [0.05, 0.1) is 44.5 Å². The number of nitrogens with zero attached hydrogens (tertiary/aromatic N) is 14. The van der Waals surface area contributed by atoms with Gasteiger partial charge >= 0.3 is 0 Å². The first-order valence-corrected chi connectivity index (χ1v) is 49.9. The molecule has 149 heavy (non-hydrogen) atoms. The van der Waals surface area contributed by atoms with Crippen molar-refractivity contribution in [2.75, 3.05) is 0 Å². The van der Waals surface area contributed by atoms with Crippen LogP contribution in [0.25, 0.3) is 273 Å². The molecule has 14 heteroatoms. The first kappa shape index (κ1) is 87.6. The van der Waals surface area contributed by atoms with Gasteiger partial charge in [0.1, 0.15) is 17.5 Å². The highest BCUT2D eigenvalue weighted by molar-refractivity contribution is 6.23. The molecule has 0 atom stereocenters. The highest BCUT2D eigenvalue weighted by Gasteiger charge is 2.26. The van der Waals surface area contributed by atoms with Crippen molar-refractivity contribution in [3.8, 4) is 153 Å². The number of hydrogen-bond donors (Lipinski definition) is 0. The van der Waals surface area contributed by atoms with Crippen molar-refractivity contribution in [3.63, 3.8) is 0 Å². The van der Waals surface area contributed by atoms with Crippen molar-refractivity contribution >= 4 is 119 Å². The molecule has 0 radical (unpaired) electrons. The highest BCUT2D eigenvalue weighted by Crippen LogP contribution is 2.45. The molecular formula is C135H86N14. The minimum absolute atomic E-state index is 0.618. The lowest BCUT2D eigenvalue weighted by atomic mass is 9.98. The Morgan fingerprint density at radius 2 is 0.409 bits per heavy atom. The van der Waals surface area contributed by atoms with Crippen LogP contribution >= 0.6 is 0 Å². The second-order valence-electron chi connectivity index (χ2n) is 37.2. The second-order valence-corrected chi connectivity index (χ2v) is 37.2. The van der Waals surface area contributed by atoms with E-state index in [9.17, 15) is 0 Å². The van der Waals surface area contributed by atoms with Crippen LogP contribution in [0.5, 0.6) is 0 Å². The predicted molar refractivity (Wildman–Crippen MR) is 611 cm³/mol. The maximum atomic E-state index is 5.42. The summed E-state index contributed by atoms with van der Waals surface area (Å²) in [5.41, 5.74) is 23.0. The molecule has 29 rings (SSSR count). The summed E-state index contributed by atoms with van der Waals surface area (Å²) < 4.78 is 6.87. The van der Waals surface area contributed by atoms with Crippen LogP contribution in [0, 0.1) is 0 Å². The zero-order valence-electron chi connectivity index (χ0n) is 80.4. The summed E-state index contributed by atoms with van der Waals surface area (Å²) in [5.74, 6) is 7.26. The van der Waals surface area contributed by atoms with E-state index in [1.54, 1.807) is 0 Å². The van der Waals surface area contributed by atoms with Crippen LogP contribution in [0.4, 0.5) is 0 Å². The molecule has 0 saturated heterocycles. The molecule has 6 heterocycles. The Bertz CT molecular complexity index is 9610. The lowest BCUT2D eigenvalue weighted by Crippen LogP contribution is -2.00. The van der Waals surface area contributed by atoms with Gasteiger partial charge in [-0.3, -0.25) is 13.7 Å². The monoisotopic (exact) mass is 1900 g/mol. The van der Waals surface area contributed by atoms with Gasteiger partial charge in [-0.1, -0.05) is 431 Å². The van der Waals surface area contributed by atoms with Crippen molar-refractivity contribution in [2.45, 2.75) is 0 Å². The lowest BCUT2D eigenvalue weighted by Gasteiger charge is -2.13. The van der Waals surface area contributed by atoms with Gasteiger partial charge in [-0.25, -0.2) is 54.8 Å². The third-order valence-electron chi connectivity index (χ3n) is 28.0. The van der Waals surface area contributed by atoms with Gasteiger partial charge < -0.3 is 0 Å². The maximum Gasteiger partial charge on any atom is 0.164 e. The molecule has 0 aliphatic rings. The number of imidazole rings is 3. The van der Waals surface area contributed by atoms with Crippen LogP contribution in [0.1, 0.15) is 0 Å². The Labute approximate surface area is 857 Å². The van der Waals surface area contributed by atoms with Gasteiger partial charge in [0.2, 0.25) is 0 Å². The molecule has 6 aromatic heterocycles. The van der Waals surface area contributed by atoms with E-state index in [-0.39, 0.29) is 0 Å². The molecule has 23 aromatic carbocycles. The summed E-state index contributed by atoms with van der Waals surface area (Å²) in [6.45, 7) is 0. The van der Waals surface area contributed by atoms with Crippen LogP contribution in [0.15, 0.2) is 522 Å². The fourth-order valence-electron chi connectivity index (χ4n) is 20.8. The number of hydrogen-bond acceptors (Lipinski definition) is 11. The number of para-hydroxylation sites is 3. The number of rotatable bonds is 15. The molecule has 0 N–H and O–H groups in total. The lowest BCUT2D eigenvalue weighted by molar-refractivity contribution is 1.07. The maximum absolute atomic E-state index is 5.42. The summed E-state index contributed by atoms with van der Waals surface area (Å²) in [6, 6.07) is 181. The Kier molecular flexibility index (Phi) is 22.3. The van der Waals surface area contributed by atoms with Gasteiger partial charge in [-0.05, 0) is 161 Å². The van der Waals surface area contributed by atoms with Gasteiger partial charge in [0.25, 0.3) is 0 Å². The molecular weight excluding hydrogens is 1820 g/mol. The van der Waals surface area contributed by atoms with Crippen LogP contribution in [-0.2, 0) is 0 Å². The van der Waals surface area contributed by atoms with Crippen LogP contribution in [-0.4, -0.2) is 68.5 Å². The van der Waals surface area contributed by atoms with Crippen LogP contribution in [0.3, 0.4) is 0 Å². The van der Waals surface area contributed by atoms with E-state index in [1.165, 1.54) is 21.5 Å². The van der Waals surface area contributed by atoms with Gasteiger partial charge in [-0.2, -0.15) is 0 Å². The Hall–Kier alpha value is -20.4. The smallest absolute Gasteiger partial charge is 0.164 e. The molecule has 696 valence electrons. The molecule has 0 unspecified atom stereocenters. The standard InChI is InChI=1S/C50H31N5.C43H28N4.C42H27N5/c1-3-13-36(14-4-1)50-51-46-44(55(50)42-17-5-2-6-18-42)28-27-35-23-21-34-22-26-41(31-43(34)45(35)46)49-53-47(39-24-19-32-11-7-9-15-37(32)29-39)52-48(54-49)40-25-20-33-12-8-10-16-38(33)30-40;1-5-13-29(14-6-1)38-28-39(30-15-7-2-8-16-30)45-42(44-38)34-23-25-36-33(27-34)22-21-31-24-26-37-41(40(31)36)47(35-19-11-4-12-20-35)43(46-37)32-17-9-3-10-18-32;1-5-13-29(14-6-1)39-44-40(30-15-7-2-8-16-30)46-41(45-39)33-23-25-35-32(27-33)22-21-28-24-26-36-38(37(28)35)47(34-19-11-4-12-20-34)42(43-36)31-17-9-3-10-18-31/h1-31H;1-28H;1-27H. The normalized spacial score (nSPS) is 11.5. The molecule has 0 aliphatic heterocycles. The first-order valence-electron chi connectivity index (χ1n) is 49.9. The number of benzene rings is 23. The molecule has 0 amide bonds. The molecule has 0 fully saturated rings. The van der Waals surface area contributed by atoms with E-state index in [4.69, 9.17) is 54.8 Å². The zero-order chi connectivity index (χ0) is 98.6. The summed E-state index contributed by atoms with van der Waals surface area (Å²) in [5, 5.41) is 18.3. The summed E-state index contributed by atoms with van der Waals surface area (Å²) in [4.78, 5) is 56.2. The van der Waals surface area contributed by atoms with E-state index in [0.29, 0.717) is 40.8 Å². The van der Waals surface area contributed by atoms with Gasteiger partial charge in [0.15, 0.2) is 40.8 Å². The molecule has 0 bridgehead atoms. The van der Waals surface area contributed by atoms with E-state index in [2.05, 4.69) is 408 Å². The molecule has 14 nitrogen and oxygen atoms in total. The SMILES string of the molecule is c1ccc(-c2cc(-c3ccccc3)nc(-c3ccc4c(ccc5ccc6nc(-c7ccccc7)n(-c7ccccc7)c6c54)c3)n2)cc1.c1ccc(-c2nc(-c3ccccc3)nc(-c3ccc4c(ccc5ccc6nc(-c7ccccc7)n(-c7ccccc7)c6c54)c3)n2)cc1.c1ccc(-c2nc3c4c(ccc5ccc(-c6nc(-c7ccc8ccccc8c7)nc(-c7ccc8ccccc8c7)n6)cc54)ccc3n2-c2ccccc2)cc1. The molecule has 0 spiro atoms. The third kappa shape index (κ3) is 16.6. The van der Waals surface area contributed by atoms with Crippen molar-refractivity contribution in [1.82, 2.24) is 68.5 Å². The predicted octanol–water partition coefficient (Wildman–Crippen LogP) is 33.5. The molecule has 0 saturated carbocycles. The fourth-order valence-corrected chi connectivity index (χ4v) is 20.8. The Morgan fingerprint density at radius 3 is 0.805 bits per heavy atom. The molecule has 0 aliphatic carbocycles. The average Bonchev–Trinajstić information content (AvgIpc) is 1.57. The van der Waals surface area contributed by atoms with E-state index >= 15 is 0 Å². The molecule has 29 aromatic rings. The second kappa shape index (κ2) is 37.8. The summed E-state index contributed by atoms with van der Waals surface area (Å²) >= 11 is 0. The third-order valence-corrected chi connectivity index (χ3v) is 28.0. The van der Waals surface area contributed by atoms with Crippen molar-refractivity contribution in [3.05, 3.63) is 522 Å². The van der Waals surface area contributed by atoms with E-state index < -0.39 is 0 Å². The van der Waals surface area contributed by atoms with E-state index in [1.807, 2.05) is 127 Å². The van der Waals surface area contributed by atoms with Crippen molar-refractivity contribution in [1.29, 1.82) is 0 Å². The summed E-state index contributed by atoms with van der Waals surface area (Å²) in [6.07, 6.45) is 0. The topological polar surface area (TPSA) is 157 Å². The Balaban J connectivity index is 0.000000111. The van der Waals surface area contributed by atoms with Crippen molar-refractivity contribution in [2.24, 2.45) is 0 Å². The summed E-state index contributed by atoms with van der Waals surface area (Å²) in [7, 11) is 0. The van der Waals surface area contributed by atoms with Crippen LogP contribution < -0.4 is 0 Å². The van der Waals surface area contributed by atoms with Gasteiger partial charge in [0, 0.05) is 100.0 Å². The quantitative estimate of drug-likeness (QED) is 0.0900. The number of aromatic nitrogens is 14.